The van der Waals surface area contributed by atoms with E-state index in [1.54, 1.807) is 0 Å². The molecule has 0 heterocycles. The molecule has 0 amide bonds. The van der Waals surface area contributed by atoms with Crippen LogP contribution in [0.5, 0.6) is 0 Å². The minimum absolute atomic E-state index is 0.130. The van der Waals surface area contributed by atoms with E-state index in [4.69, 9.17) is 51.1 Å². The van der Waals surface area contributed by atoms with Crippen molar-refractivity contribution in [2.75, 3.05) is 0 Å². The molecule has 134 valence electrons. The van der Waals surface area contributed by atoms with Crippen molar-refractivity contribution < 1.29 is 39.6 Å². The van der Waals surface area contributed by atoms with Crippen LogP contribution in [0.15, 0.2) is 0 Å². The van der Waals surface area contributed by atoms with Crippen LogP contribution in [-0.2, 0) is 19.2 Å². The van der Waals surface area contributed by atoms with Crippen LogP contribution in [0.2, 0.25) is 0 Å². The Morgan fingerprint density at radius 2 is 0.636 bits per heavy atom. The first kappa shape index (κ1) is 31.9. The highest BCUT2D eigenvalue weighted by Gasteiger charge is 1.96. The maximum absolute atomic E-state index is 9.00. The third-order valence-corrected chi connectivity index (χ3v) is 0.829. The summed E-state index contributed by atoms with van der Waals surface area (Å²) < 4.78 is 0. The van der Waals surface area contributed by atoms with Crippen LogP contribution in [0.4, 0.5) is 0 Å². The van der Waals surface area contributed by atoms with E-state index in [2.05, 4.69) is 0 Å². The monoisotopic (exact) mass is 328 g/mol. The molecule has 0 aromatic rings. The third-order valence-electron chi connectivity index (χ3n) is 0.829. The molecule has 8 N–H and O–H groups in total. The second kappa shape index (κ2) is 23.9. The van der Waals surface area contributed by atoms with Gasteiger partial charge in [0.15, 0.2) is 0 Å². The topological polar surface area (TPSA) is 201 Å². The fraction of sp³-hybridized carbons (Fsp3) is 0.667. The molecular formula is C12H28N2O8. The average molecular weight is 328 g/mol. The van der Waals surface area contributed by atoms with Gasteiger partial charge in [0.1, 0.15) is 0 Å². The number of hydrogen-bond acceptors (Lipinski definition) is 6. The number of nitrogens with two attached hydrogens (primary N) is 2. The van der Waals surface area contributed by atoms with E-state index in [1.807, 2.05) is 13.8 Å². The summed E-state index contributed by atoms with van der Waals surface area (Å²) in [5, 5.41) is 29.7. The van der Waals surface area contributed by atoms with Gasteiger partial charge in [-0.15, -0.1) is 0 Å². The molecule has 0 saturated heterocycles. The molecule has 0 bridgehead atoms. The van der Waals surface area contributed by atoms with E-state index in [1.165, 1.54) is 0 Å². The summed E-state index contributed by atoms with van der Waals surface area (Å²) in [4.78, 5) is 36.0. The predicted octanol–water partition coefficient (Wildman–Crippen LogP) is 0.0444. The highest BCUT2D eigenvalue weighted by atomic mass is 16.4. The van der Waals surface area contributed by atoms with Crippen molar-refractivity contribution in [1.29, 1.82) is 0 Å². The van der Waals surface area contributed by atoms with Crippen LogP contribution < -0.4 is 11.5 Å². The molecule has 0 fully saturated rings. The van der Waals surface area contributed by atoms with Gasteiger partial charge >= 0.3 is 0 Å². The van der Waals surface area contributed by atoms with Crippen molar-refractivity contribution >= 4 is 23.9 Å². The second-order valence-electron chi connectivity index (χ2n) is 3.79. The number of carboxylic acids is 4. The zero-order valence-corrected chi connectivity index (χ0v) is 13.7. The summed E-state index contributed by atoms with van der Waals surface area (Å²) in [5.74, 6) is -3.33. The summed E-state index contributed by atoms with van der Waals surface area (Å²) in [7, 11) is 0. The van der Waals surface area contributed by atoms with Gasteiger partial charge in [-0.1, -0.05) is 0 Å². The van der Waals surface area contributed by atoms with Crippen LogP contribution in [-0.4, -0.2) is 56.4 Å². The lowest BCUT2D eigenvalue weighted by Crippen LogP contribution is -2.35. The summed E-state index contributed by atoms with van der Waals surface area (Å²) in [6.45, 7) is 8.12. The standard InChI is InChI=1S/C4H12N2.4C2H4O2/c1-3(5)4(2)6;4*1-2(3)4/h3-4H,5-6H2,1-2H3;4*1H3,(H,3,4)/t3-,4+;;;;. The molecule has 0 aromatic carbocycles. The zero-order valence-electron chi connectivity index (χ0n) is 13.7. The Hall–Kier alpha value is -2.20. The van der Waals surface area contributed by atoms with Crippen molar-refractivity contribution in [2.24, 2.45) is 11.5 Å². The summed E-state index contributed by atoms with van der Waals surface area (Å²) in [6.07, 6.45) is 0. The molecule has 0 aliphatic heterocycles. The summed E-state index contributed by atoms with van der Waals surface area (Å²) >= 11 is 0. The number of carboxylic acid groups (broad SMARTS) is 4. The quantitative estimate of drug-likeness (QED) is 0.381. The molecule has 0 rings (SSSR count). The lowest BCUT2D eigenvalue weighted by atomic mass is 10.2. The Bertz CT molecular complexity index is 234. The van der Waals surface area contributed by atoms with E-state index in [-0.39, 0.29) is 12.1 Å². The van der Waals surface area contributed by atoms with Gasteiger partial charge in [-0.2, -0.15) is 0 Å². The van der Waals surface area contributed by atoms with Crippen molar-refractivity contribution in [1.82, 2.24) is 0 Å². The second-order valence-corrected chi connectivity index (χ2v) is 3.79. The summed E-state index contributed by atoms with van der Waals surface area (Å²) in [5.41, 5.74) is 10.6. The van der Waals surface area contributed by atoms with Gasteiger partial charge in [0.25, 0.3) is 23.9 Å². The number of carbonyl (C=O) groups is 4. The molecule has 0 spiro atoms. The molecule has 0 aliphatic carbocycles. The van der Waals surface area contributed by atoms with Crippen molar-refractivity contribution in [3.63, 3.8) is 0 Å². The fourth-order valence-electron chi connectivity index (χ4n) is 0. The van der Waals surface area contributed by atoms with Gasteiger partial charge in [0, 0.05) is 39.8 Å². The zero-order chi connectivity index (χ0) is 19.5. The molecule has 0 aromatic heterocycles. The van der Waals surface area contributed by atoms with Crippen LogP contribution in [0.25, 0.3) is 0 Å². The summed E-state index contributed by atoms with van der Waals surface area (Å²) in [6, 6.07) is 0.259. The van der Waals surface area contributed by atoms with E-state index < -0.39 is 23.9 Å². The first-order chi connectivity index (χ1) is 9.57. The third kappa shape index (κ3) is 1550. The fourth-order valence-corrected chi connectivity index (χ4v) is 0. The highest BCUT2D eigenvalue weighted by Crippen LogP contribution is 1.77. The SMILES string of the molecule is CC(=O)O.CC(=O)O.CC(=O)O.CC(=O)O.C[C@H](N)[C@@H](C)N. The highest BCUT2D eigenvalue weighted by molar-refractivity contribution is 5.63. The minimum Gasteiger partial charge on any atom is -0.481 e. The van der Waals surface area contributed by atoms with Crippen molar-refractivity contribution in [2.45, 2.75) is 53.6 Å². The number of aliphatic carboxylic acids is 4. The Kier molecular flexibility index (Phi) is 34.7. The van der Waals surface area contributed by atoms with E-state index >= 15 is 0 Å². The number of hydrogen-bond donors (Lipinski definition) is 6. The van der Waals surface area contributed by atoms with E-state index in [0.717, 1.165) is 27.7 Å². The van der Waals surface area contributed by atoms with E-state index in [0.29, 0.717) is 0 Å². The predicted molar refractivity (Wildman–Crippen MR) is 80.5 cm³/mol. The largest absolute Gasteiger partial charge is 0.481 e. The normalized spacial score (nSPS) is 10.0. The minimum atomic E-state index is -0.833. The van der Waals surface area contributed by atoms with Crippen molar-refractivity contribution in [3.05, 3.63) is 0 Å². The molecule has 0 saturated carbocycles. The first-order valence-corrected chi connectivity index (χ1v) is 5.87. The smallest absolute Gasteiger partial charge is 0.300 e. The number of rotatable bonds is 1. The van der Waals surface area contributed by atoms with Gasteiger partial charge in [0.05, 0.1) is 0 Å². The lowest BCUT2D eigenvalue weighted by Gasteiger charge is -2.06. The van der Waals surface area contributed by atoms with Gasteiger partial charge < -0.3 is 31.9 Å². The van der Waals surface area contributed by atoms with Crippen LogP contribution in [0.3, 0.4) is 0 Å². The first-order valence-electron chi connectivity index (χ1n) is 5.87. The molecule has 0 aliphatic rings. The van der Waals surface area contributed by atoms with Gasteiger partial charge in [0.2, 0.25) is 0 Å². The van der Waals surface area contributed by atoms with E-state index in [9.17, 15) is 0 Å². The lowest BCUT2D eigenvalue weighted by molar-refractivity contribution is -0.135. The Balaban J connectivity index is -0.0000000555. The Morgan fingerprint density at radius 1 is 0.591 bits per heavy atom. The van der Waals surface area contributed by atoms with Crippen molar-refractivity contribution in [3.8, 4) is 0 Å². The molecule has 10 nitrogen and oxygen atoms in total. The molecule has 2 atom stereocenters. The molecule has 0 radical (unpaired) electrons. The van der Waals surface area contributed by atoms with Crippen LogP contribution in [0.1, 0.15) is 41.5 Å². The maximum atomic E-state index is 9.00. The van der Waals surface area contributed by atoms with Gasteiger partial charge in [-0.25, -0.2) is 0 Å². The maximum Gasteiger partial charge on any atom is 0.300 e. The van der Waals surface area contributed by atoms with Crippen LogP contribution >= 0.6 is 0 Å². The Labute approximate surface area is 129 Å². The van der Waals surface area contributed by atoms with Gasteiger partial charge in [-0.05, 0) is 13.8 Å². The van der Waals surface area contributed by atoms with Gasteiger partial charge in [-0.3, -0.25) is 19.2 Å². The van der Waals surface area contributed by atoms with Crippen LogP contribution in [0, 0.1) is 0 Å². The molecule has 22 heavy (non-hydrogen) atoms. The average Bonchev–Trinajstić information content (AvgIpc) is 2.12. The molecule has 10 heteroatoms. The molecular weight excluding hydrogens is 300 g/mol. The molecule has 0 unspecified atom stereocenters. The Morgan fingerprint density at radius 3 is 0.636 bits per heavy atom.